The number of ketones is 1. The SMILES string of the molecule is COc1cc(C)ccc1C(=O)CN1CCC(C(C)(C)C)C1. The Morgan fingerprint density at radius 2 is 2.10 bits per heavy atom. The van der Waals surface area contributed by atoms with Crippen LogP contribution in [0.4, 0.5) is 0 Å². The number of Topliss-reactive ketones (excluding diaryl/α,β-unsaturated/α-hetero) is 1. The Kier molecular flexibility index (Phi) is 4.72. The van der Waals surface area contributed by atoms with Crippen LogP contribution in [0.15, 0.2) is 18.2 Å². The molecule has 3 nitrogen and oxygen atoms in total. The van der Waals surface area contributed by atoms with E-state index >= 15 is 0 Å². The lowest BCUT2D eigenvalue weighted by atomic mass is 9.80. The van der Waals surface area contributed by atoms with Crippen LogP contribution in [0.5, 0.6) is 5.75 Å². The molecule has 0 aliphatic carbocycles. The van der Waals surface area contributed by atoms with Crippen molar-refractivity contribution < 1.29 is 9.53 Å². The topological polar surface area (TPSA) is 29.5 Å². The molecule has 0 spiro atoms. The van der Waals surface area contributed by atoms with Crippen molar-refractivity contribution in [3.05, 3.63) is 29.3 Å². The molecule has 21 heavy (non-hydrogen) atoms. The van der Waals surface area contributed by atoms with Gasteiger partial charge in [0, 0.05) is 6.54 Å². The molecule has 0 amide bonds. The zero-order valence-corrected chi connectivity index (χ0v) is 13.9. The van der Waals surface area contributed by atoms with E-state index in [-0.39, 0.29) is 5.78 Å². The molecule has 1 heterocycles. The number of nitrogens with zero attached hydrogens (tertiary/aromatic N) is 1. The van der Waals surface area contributed by atoms with Crippen molar-refractivity contribution in [2.45, 2.75) is 34.1 Å². The van der Waals surface area contributed by atoms with Crippen LogP contribution in [0.3, 0.4) is 0 Å². The normalized spacial score (nSPS) is 19.8. The molecule has 1 atom stereocenters. The molecular formula is C18H27NO2. The van der Waals surface area contributed by atoms with Gasteiger partial charge < -0.3 is 4.74 Å². The number of hydrogen-bond donors (Lipinski definition) is 0. The Morgan fingerprint density at radius 3 is 2.67 bits per heavy atom. The van der Waals surface area contributed by atoms with Gasteiger partial charge in [-0.05, 0) is 48.9 Å². The standard InChI is InChI=1S/C18H27NO2/c1-13-6-7-15(17(10-13)21-5)16(20)12-19-9-8-14(11-19)18(2,3)4/h6-7,10,14H,8-9,11-12H2,1-5H3. The highest BCUT2D eigenvalue weighted by Gasteiger charge is 2.32. The second-order valence-corrected chi connectivity index (χ2v) is 7.21. The Balaban J connectivity index is 2.03. The van der Waals surface area contributed by atoms with E-state index in [0.29, 0.717) is 29.2 Å². The van der Waals surface area contributed by atoms with Gasteiger partial charge in [-0.3, -0.25) is 9.69 Å². The van der Waals surface area contributed by atoms with Crippen molar-refractivity contribution >= 4 is 5.78 Å². The maximum absolute atomic E-state index is 12.5. The third-order valence-electron chi connectivity index (χ3n) is 4.52. The summed E-state index contributed by atoms with van der Waals surface area (Å²) in [7, 11) is 1.62. The first kappa shape index (κ1) is 16.0. The summed E-state index contributed by atoms with van der Waals surface area (Å²) in [5.41, 5.74) is 2.12. The summed E-state index contributed by atoms with van der Waals surface area (Å²) in [5.74, 6) is 1.51. The quantitative estimate of drug-likeness (QED) is 0.794. The lowest BCUT2D eigenvalue weighted by Crippen LogP contribution is -2.30. The molecule has 0 bridgehead atoms. The van der Waals surface area contributed by atoms with E-state index in [4.69, 9.17) is 4.74 Å². The van der Waals surface area contributed by atoms with Crippen molar-refractivity contribution in [1.29, 1.82) is 0 Å². The van der Waals surface area contributed by atoms with Crippen molar-refractivity contribution in [2.75, 3.05) is 26.7 Å². The molecule has 1 aliphatic rings. The Hall–Kier alpha value is -1.35. The van der Waals surface area contributed by atoms with Crippen LogP contribution in [0, 0.1) is 18.3 Å². The summed E-state index contributed by atoms with van der Waals surface area (Å²) in [5, 5.41) is 0. The minimum absolute atomic E-state index is 0.154. The van der Waals surface area contributed by atoms with Crippen LogP contribution in [0.25, 0.3) is 0 Å². The largest absolute Gasteiger partial charge is 0.496 e. The molecule has 1 aromatic rings. The highest BCUT2D eigenvalue weighted by atomic mass is 16.5. The number of aryl methyl sites for hydroxylation is 1. The molecule has 0 N–H and O–H groups in total. The van der Waals surface area contributed by atoms with E-state index in [0.717, 1.165) is 18.7 Å². The molecule has 0 saturated carbocycles. The number of ether oxygens (including phenoxy) is 1. The van der Waals surface area contributed by atoms with Crippen LogP contribution in [-0.2, 0) is 0 Å². The molecule has 1 aromatic carbocycles. The molecular weight excluding hydrogens is 262 g/mol. The monoisotopic (exact) mass is 289 g/mol. The van der Waals surface area contributed by atoms with E-state index in [2.05, 4.69) is 25.7 Å². The van der Waals surface area contributed by atoms with E-state index in [1.165, 1.54) is 6.42 Å². The smallest absolute Gasteiger partial charge is 0.180 e. The van der Waals surface area contributed by atoms with Gasteiger partial charge in [0.15, 0.2) is 5.78 Å². The lowest BCUT2D eigenvalue weighted by Gasteiger charge is -2.27. The number of carbonyl (C=O) groups is 1. The average molecular weight is 289 g/mol. The number of carbonyl (C=O) groups excluding carboxylic acids is 1. The first-order chi connectivity index (χ1) is 9.81. The molecule has 116 valence electrons. The second kappa shape index (κ2) is 6.18. The van der Waals surface area contributed by atoms with Gasteiger partial charge in [0.25, 0.3) is 0 Å². The summed E-state index contributed by atoms with van der Waals surface area (Å²) < 4.78 is 5.35. The number of hydrogen-bond acceptors (Lipinski definition) is 3. The summed E-state index contributed by atoms with van der Waals surface area (Å²) >= 11 is 0. The van der Waals surface area contributed by atoms with Crippen LogP contribution in [0.2, 0.25) is 0 Å². The molecule has 1 aliphatic heterocycles. The van der Waals surface area contributed by atoms with E-state index < -0.39 is 0 Å². The summed E-state index contributed by atoms with van der Waals surface area (Å²) in [6.45, 7) is 11.4. The van der Waals surface area contributed by atoms with Gasteiger partial charge >= 0.3 is 0 Å². The van der Waals surface area contributed by atoms with E-state index in [9.17, 15) is 4.79 Å². The Bertz CT molecular complexity index is 516. The molecule has 3 heteroatoms. The number of benzene rings is 1. The van der Waals surface area contributed by atoms with Crippen molar-refractivity contribution in [2.24, 2.45) is 11.3 Å². The van der Waals surface area contributed by atoms with Gasteiger partial charge in [0.05, 0.1) is 19.2 Å². The third kappa shape index (κ3) is 3.85. The maximum Gasteiger partial charge on any atom is 0.180 e. The van der Waals surface area contributed by atoms with E-state index in [1.54, 1.807) is 7.11 Å². The predicted octanol–water partition coefficient (Wildman–Crippen LogP) is 3.55. The van der Waals surface area contributed by atoms with Crippen LogP contribution < -0.4 is 4.74 Å². The molecule has 2 rings (SSSR count). The first-order valence-corrected chi connectivity index (χ1v) is 7.71. The van der Waals surface area contributed by atoms with Gasteiger partial charge in [0.2, 0.25) is 0 Å². The minimum Gasteiger partial charge on any atom is -0.496 e. The fourth-order valence-corrected chi connectivity index (χ4v) is 3.00. The number of rotatable bonds is 4. The maximum atomic E-state index is 12.5. The van der Waals surface area contributed by atoms with Crippen molar-refractivity contribution in [3.8, 4) is 5.75 Å². The average Bonchev–Trinajstić information content (AvgIpc) is 2.86. The van der Waals surface area contributed by atoms with Crippen molar-refractivity contribution in [1.82, 2.24) is 4.90 Å². The van der Waals surface area contributed by atoms with Crippen molar-refractivity contribution in [3.63, 3.8) is 0 Å². The highest BCUT2D eigenvalue weighted by molar-refractivity contribution is 6.00. The number of likely N-dealkylation sites (tertiary alicyclic amines) is 1. The summed E-state index contributed by atoms with van der Waals surface area (Å²) in [6, 6.07) is 5.78. The molecule has 1 unspecified atom stereocenters. The van der Waals surface area contributed by atoms with Crippen LogP contribution in [-0.4, -0.2) is 37.4 Å². The summed E-state index contributed by atoms with van der Waals surface area (Å²) in [4.78, 5) is 14.8. The Labute approximate surface area is 128 Å². The number of methoxy groups -OCH3 is 1. The lowest BCUT2D eigenvalue weighted by molar-refractivity contribution is 0.0935. The molecule has 0 aromatic heterocycles. The zero-order valence-electron chi connectivity index (χ0n) is 13.9. The summed E-state index contributed by atoms with van der Waals surface area (Å²) in [6.07, 6.45) is 1.18. The van der Waals surface area contributed by atoms with Crippen LogP contribution >= 0.6 is 0 Å². The predicted molar refractivity (Wildman–Crippen MR) is 86.1 cm³/mol. The van der Waals surface area contributed by atoms with Crippen LogP contribution in [0.1, 0.15) is 43.1 Å². The fourth-order valence-electron chi connectivity index (χ4n) is 3.00. The van der Waals surface area contributed by atoms with Gasteiger partial charge in [-0.25, -0.2) is 0 Å². The highest BCUT2D eigenvalue weighted by Crippen LogP contribution is 2.33. The molecule has 1 saturated heterocycles. The van der Waals surface area contributed by atoms with Gasteiger partial charge in [-0.1, -0.05) is 26.8 Å². The van der Waals surface area contributed by atoms with Gasteiger partial charge in [-0.15, -0.1) is 0 Å². The molecule has 1 fully saturated rings. The van der Waals surface area contributed by atoms with E-state index in [1.807, 2.05) is 25.1 Å². The second-order valence-electron chi connectivity index (χ2n) is 7.21. The first-order valence-electron chi connectivity index (χ1n) is 7.71. The van der Waals surface area contributed by atoms with Gasteiger partial charge in [-0.2, -0.15) is 0 Å². The Morgan fingerprint density at radius 1 is 1.38 bits per heavy atom. The fraction of sp³-hybridized carbons (Fsp3) is 0.611. The molecule has 0 radical (unpaired) electrons. The van der Waals surface area contributed by atoms with Gasteiger partial charge in [0.1, 0.15) is 5.75 Å². The zero-order chi connectivity index (χ0) is 15.6. The minimum atomic E-state index is 0.154. The third-order valence-corrected chi connectivity index (χ3v) is 4.52.